The summed E-state index contributed by atoms with van der Waals surface area (Å²) in [5.41, 5.74) is 2.54. The highest BCUT2D eigenvalue weighted by Crippen LogP contribution is 2.17. The van der Waals surface area contributed by atoms with Crippen molar-refractivity contribution in [1.29, 1.82) is 0 Å². The van der Waals surface area contributed by atoms with Crippen molar-refractivity contribution in [2.45, 2.75) is 32.2 Å². The molecule has 0 bridgehead atoms. The van der Waals surface area contributed by atoms with Crippen LogP contribution in [0.25, 0.3) is 0 Å². The van der Waals surface area contributed by atoms with Crippen molar-refractivity contribution in [3.05, 3.63) is 69.4 Å². The normalized spacial score (nSPS) is 11.7. The lowest BCUT2D eigenvalue weighted by molar-refractivity contribution is -0.121. The second kappa shape index (κ2) is 9.43. The number of hydrogen-bond acceptors (Lipinski definition) is 5. The van der Waals surface area contributed by atoms with E-state index in [0.29, 0.717) is 16.4 Å². The highest BCUT2D eigenvalue weighted by molar-refractivity contribution is 7.14. The molecule has 0 spiro atoms. The fourth-order valence-electron chi connectivity index (χ4n) is 2.60. The fourth-order valence-corrected chi connectivity index (χ4v) is 3.94. The fraction of sp³-hybridized carbons (Fsp3) is 0.250. The van der Waals surface area contributed by atoms with Gasteiger partial charge in [-0.1, -0.05) is 30.3 Å². The van der Waals surface area contributed by atoms with Gasteiger partial charge in [-0.3, -0.25) is 14.9 Å². The van der Waals surface area contributed by atoms with E-state index in [0.717, 1.165) is 12.8 Å². The Morgan fingerprint density at radius 3 is 2.70 bits per heavy atom. The summed E-state index contributed by atoms with van der Waals surface area (Å²) >= 11 is 2.79. The van der Waals surface area contributed by atoms with E-state index >= 15 is 0 Å². The number of nitrogens with zero attached hydrogens (tertiary/aromatic N) is 1. The Labute approximate surface area is 166 Å². The summed E-state index contributed by atoms with van der Waals surface area (Å²) in [6.07, 6.45) is 2.02. The predicted molar refractivity (Wildman–Crippen MR) is 110 cm³/mol. The number of thiazole rings is 1. The first-order valence-electron chi connectivity index (χ1n) is 8.71. The highest BCUT2D eigenvalue weighted by Gasteiger charge is 2.13. The molecule has 2 heterocycles. The van der Waals surface area contributed by atoms with Crippen LogP contribution in [0.2, 0.25) is 0 Å². The van der Waals surface area contributed by atoms with Gasteiger partial charge in [-0.2, -0.15) is 11.3 Å². The molecule has 2 amide bonds. The van der Waals surface area contributed by atoms with Crippen molar-refractivity contribution < 1.29 is 9.59 Å². The topological polar surface area (TPSA) is 71.1 Å². The first-order valence-corrected chi connectivity index (χ1v) is 10.5. The van der Waals surface area contributed by atoms with E-state index in [4.69, 9.17) is 0 Å². The molecule has 1 unspecified atom stereocenters. The molecule has 0 saturated carbocycles. The molecular formula is C20H21N3O2S2. The smallest absolute Gasteiger partial charge is 0.258 e. The summed E-state index contributed by atoms with van der Waals surface area (Å²) in [7, 11) is 0. The minimum atomic E-state index is -0.184. The maximum atomic E-state index is 12.2. The predicted octanol–water partition coefficient (Wildman–Crippen LogP) is 4.14. The van der Waals surface area contributed by atoms with Crippen LogP contribution in [0.15, 0.2) is 52.5 Å². The number of anilines is 1. The number of hydrogen-bond donors (Lipinski definition) is 2. The Morgan fingerprint density at radius 2 is 1.96 bits per heavy atom. The molecule has 1 atom stereocenters. The van der Waals surface area contributed by atoms with Gasteiger partial charge in [-0.25, -0.2) is 4.98 Å². The van der Waals surface area contributed by atoms with Crippen LogP contribution in [-0.4, -0.2) is 22.8 Å². The van der Waals surface area contributed by atoms with Gasteiger partial charge in [0.1, 0.15) is 0 Å². The molecule has 27 heavy (non-hydrogen) atoms. The van der Waals surface area contributed by atoms with E-state index in [2.05, 4.69) is 27.8 Å². The van der Waals surface area contributed by atoms with Gasteiger partial charge in [-0.05, 0) is 36.8 Å². The average molecular weight is 400 g/mol. The van der Waals surface area contributed by atoms with Gasteiger partial charge in [0.05, 0.1) is 17.7 Å². The monoisotopic (exact) mass is 399 g/mol. The number of aryl methyl sites for hydroxylation is 1. The summed E-state index contributed by atoms with van der Waals surface area (Å²) in [5.74, 6) is -0.243. The number of nitrogens with one attached hydrogen (secondary N) is 2. The van der Waals surface area contributed by atoms with Crippen LogP contribution in [0, 0.1) is 0 Å². The van der Waals surface area contributed by atoms with Gasteiger partial charge in [0, 0.05) is 16.8 Å². The third kappa shape index (κ3) is 6.01. The van der Waals surface area contributed by atoms with E-state index in [9.17, 15) is 9.59 Å². The quantitative estimate of drug-likeness (QED) is 0.598. The van der Waals surface area contributed by atoms with Crippen LogP contribution in [-0.2, 0) is 17.6 Å². The number of rotatable bonds is 8. The standard InChI is InChI=1S/C20H21N3O2S2/c1-14(7-8-15-5-3-2-4-6-15)21-18(24)11-17-13-27-20(22-17)23-19(25)16-9-10-26-12-16/h2-6,9-10,12-14H,7-8,11H2,1H3,(H,21,24)(H,22,23,25). The molecule has 140 valence electrons. The molecule has 0 aliphatic rings. The summed E-state index contributed by atoms with van der Waals surface area (Å²) in [5, 5.41) is 11.7. The van der Waals surface area contributed by atoms with Crippen molar-refractivity contribution in [2.24, 2.45) is 0 Å². The second-order valence-corrected chi connectivity index (χ2v) is 7.92. The molecule has 5 nitrogen and oxygen atoms in total. The first-order chi connectivity index (χ1) is 13.1. The lowest BCUT2D eigenvalue weighted by atomic mass is 10.1. The lowest BCUT2D eigenvalue weighted by Crippen LogP contribution is -2.34. The van der Waals surface area contributed by atoms with Gasteiger partial charge >= 0.3 is 0 Å². The van der Waals surface area contributed by atoms with Crippen molar-refractivity contribution in [3.63, 3.8) is 0 Å². The first kappa shape index (κ1) is 19.3. The molecule has 0 saturated heterocycles. The average Bonchev–Trinajstić information content (AvgIpc) is 3.33. The molecule has 0 aliphatic heterocycles. The van der Waals surface area contributed by atoms with E-state index < -0.39 is 0 Å². The number of thiophene rings is 1. The van der Waals surface area contributed by atoms with Gasteiger partial charge in [0.15, 0.2) is 5.13 Å². The zero-order valence-electron chi connectivity index (χ0n) is 15.0. The Morgan fingerprint density at radius 1 is 1.15 bits per heavy atom. The van der Waals surface area contributed by atoms with E-state index in [1.807, 2.05) is 30.5 Å². The van der Waals surface area contributed by atoms with Crippen molar-refractivity contribution in [1.82, 2.24) is 10.3 Å². The van der Waals surface area contributed by atoms with Gasteiger partial charge in [0.25, 0.3) is 5.91 Å². The number of aromatic nitrogens is 1. The van der Waals surface area contributed by atoms with Gasteiger partial charge in [-0.15, -0.1) is 11.3 Å². The van der Waals surface area contributed by atoms with Crippen LogP contribution in [0.3, 0.4) is 0 Å². The van der Waals surface area contributed by atoms with Gasteiger partial charge in [0.2, 0.25) is 5.91 Å². The maximum absolute atomic E-state index is 12.2. The molecule has 2 aromatic heterocycles. The number of carbonyl (C=O) groups is 2. The third-order valence-corrected chi connectivity index (χ3v) is 5.50. The molecule has 7 heteroatoms. The second-order valence-electron chi connectivity index (χ2n) is 6.28. The molecule has 1 aromatic carbocycles. The molecule has 0 radical (unpaired) electrons. The molecule has 3 aromatic rings. The molecule has 0 aliphatic carbocycles. The van der Waals surface area contributed by atoms with E-state index in [-0.39, 0.29) is 24.3 Å². The minimum Gasteiger partial charge on any atom is -0.353 e. The van der Waals surface area contributed by atoms with Crippen LogP contribution in [0.4, 0.5) is 5.13 Å². The Kier molecular flexibility index (Phi) is 6.73. The van der Waals surface area contributed by atoms with E-state index in [1.54, 1.807) is 16.8 Å². The van der Waals surface area contributed by atoms with Crippen molar-refractivity contribution in [2.75, 3.05) is 5.32 Å². The zero-order chi connectivity index (χ0) is 19.1. The molecule has 0 fully saturated rings. The maximum Gasteiger partial charge on any atom is 0.258 e. The zero-order valence-corrected chi connectivity index (χ0v) is 16.6. The third-order valence-electron chi connectivity index (χ3n) is 4.01. The lowest BCUT2D eigenvalue weighted by Gasteiger charge is -2.13. The molecule has 2 N–H and O–H groups in total. The molecule has 3 rings (SSSR count). The Hall–Kier alpha value is -2.51. The van der Waals surface area contributed by atoms with Gasteiger partial charge < -0.3 is 5.32 Å². The Balaban J connectivity index is 1.44. The van der Waals surface area contributed by atoms with Crippen molar-refractivity contribution in [3.8, 4) is 0 Å². The highest BCUT2D eigenvalue weighted by atomic mass is 32.1. The SMILES string of the molecule is CC(CCc1ccccc1)NC(=O)Cc1csc(NC(=O)c2ccsc2)n1. The van der Waals surface area contributed by atoms with E-state index in [1.165, 1.54) is 28.2 Å². The summed E-state index contributed by atoms with van der Waals surface area (Å²) in [4.78, 5) is 28.6. The van der Waals surface area contributed by atoms with Crippen LogP contribution in [0.1, 0.15) is 35.0 Å². The van der Waals surface area contributed by atoms with Crippen molar-refractivity contribution >= 4 is 39.6 Å². The largest absolute Gasteiger partial charge is 0.353 e. The van der Waals surface area contributed by atoms with Crippen LogP contribution in [0.5, 0.6) is 0 Å². The minimum absolute atomic E-state index is 0.0587. The summed E-state index contributed by atoms with van der Waals surface area (Å²) < 4.78 is 0. The number of benzene rings is 1. The number of carbonyl (C=O) groups excluding carboxylic acids is 2. The summed E-state index contributed by atoms with van der Waals surface area (Å²) in [6.45, 7) is 2.01. The Bertz CT molecular complexity index is 876. The van der Waals surface area contributed by atoms with Crippen LogP contribution < -0.4 is 10.6 Å². The van der Waals surface area contributed by atoms with Crippen LogP contribution >= 0.6 is 22.7 Å². The molecular weight excluding hydrogens is 378 g/mol. The number of amides is 2. The summed E-state index contributed by atoms with van der Waals surface area (Å²) in [6, 6.07) is 12.1.